The topological polar surface area (TPSA) is 29.5 Å². The van der Waals surface area contributed by atoms with Crippen molar-refractivity contribution in [3.8, 4) is 0 Å². The van der Waals surface area contributed by atoms with Crippen molar-refractivity contribution in [3.05, 3.63) is 0 Å². The Morgan fingerprint density at radius 1 is 1.07 bits per heavy atom. The molecule has 1 N–H and O–H groups in total. The van der Waals surface area contributed by atoms with Gasteiger partial charge in [-0.3, -0.25) is 0 Å². The third-order valence-corrected chi connectivity index (χ3v) is 2.91. The molecule has 92 valence electrons. The molecule has 0 spiro atoms. The van der Waals surface area contributed by atoms with E-state index in [0.717, 1.165) is 12.8 Å². The van der Waals surface area contributed by atoms with Crippen LogP contribution in [0.3, 0.4) is 0 Å². The number of aliphatic hydroxyl groups is 1. The highest BCUT2D eigenvalue weighted by Crippen LogP contribution is 2.16. The number of hydrogen-bond donors (Lipinski definition) is 1. The molecule has 2 unspecified atom stereocenters. The Morgan fingerprint density at radius 2 is 1.67 bits per heavy atom. The van der Waals surface area contributed by atoms with E-state index in [0.29, 0.717) is 5.92 Å². The fraction of sp³-hybridized carbons (Fsp3) is 1.00. The van der Waals surface area contributed by atoms with Gasteiger partial charge in [-0.25, -0.2) is 0 Å². The molecule has 0 aliphatic carbocycles. The summed E-state index contributed by atoms with van der Waals surface area (Å²) in [4.78, 5) is 0. The molecule has 0 aromatic heterocycles. The third kappa shape index (κ3) is 6.91. The van der Waals surface area contributed by atoms with Crippen molar-refractivity contribution >= 4 is 0 Å². The summed E-state index contributed by atoms with van der Waals surface area (Å²) >= 11 is 0. The Balaban J connectivity index is 3.57. The number of ether oxygens (including phenoxy) is 1. The largest absolute Gasteiger partial charge is 0.390 e. The average molecular weight is 216 g/mol. The van der Waals surface area contributed by atoms with Gasteiger partial charge >= 0.3 is 0 Å². The van der Waals surface area contributed by atoms with Crippen molar-refractivity contribution in [1.29, 1.82) is 0 Å². The first-order valence-corrected chi connectivity index (χ1v) is 6.34. The lowest BCUT2D eigenvalue weighted by Crippen LogP contribution is -2.32. The van der Waals surface area contributed by atoms with E-state index < -0.39 is 0 Å². The summed E-state index contributed by atoms with van der Waals surface area (Å²) in [6.07, 6.45) is 6.81. The number of rotatable bonds is 9. The van der Waals surface area contributed by atoms with E-state index in [1.165, 1.54) is 25.7 Å². The molecule has 0 aliphatic heterocycles. The lowest BCUT2D eigenvalue weighted by Gasteiger charge is -2.24. The Bertz CT molecular complexity index is 134. The molecule has 0 aromatic rings. The summed E-state index contributed by atoms with van der Waals surface area (Å²) in [5.41, 5.74) is 0. The highest BCUT2D eigenvalue weighted by atomic mass is 16.5. The summed E-state index contributed by atoms with van der Waals surface area (Å²) in [5.74, 6) is 0.389. The maximum atomic E-state index is 9.91. The van der Waals surface area contributed by atoms with E-state index in [2.05, 4.69) is 20.8 Å². The molecule has 0 rings (SSSR count). The molecule has 0 heterocycles. The van der Waals surface area contributed by atoms with Gasteiger partial charge in [0.25, 0.3) is 0 Å². The van der Waals surface area contributed by atoms with Gasteiger partial charge in [0.1, 0.15) is 0 Å². The fourth-order valence-electron chi connectivity index (χ4n) is 1.99. The van der Waals surface area contributed by atoms with Crippen LogP contribution in [-0.4, -0.2) is 24.4 Å². The van der Waals surface area contributed by atoms with Crippen LogP contribution in [0.25, 0.3) is 0 Å². The normalized spacial score (nSPS) is 15.6. The van der Waals surface area contributed by atoms with Crippen molar-refractivity contribution in [3.63, 3.8) is 0 Å². The molecule has 0 radical (unpaired) electrons. The van der Waals surface area contributed by atoms with Crippen molar-refractivity contribution in [2.45, 2.75) is 71.5 Å². The summed E-state index contributed by atoms with van der Waals surface area (Å²) in [5, 5.41) is 9.91. The molecule has 0 bridgehead atoms. The van der Waals surface area contributed by atoms with E-state index in [9.17, 15) is 5.11 Å². The van der Waals surface area contributed by atoms with Crippen LogP contribution in [-0.2, 0) is 4.74 Å². The Labute approximate surface area is 95.0 Å². The van der Waals surface area contributed by atoms with E-state index in [-0.39, 0.29) is 12.2 Å². The molecule has 2 nitrogen and oxygen atoms in total. The minimum absolute atomic E-state index is 0.00354. The molecule has 0 fully saturated rings. The predicted molar refractivity (Wildman–Crippen MR) is 65.0 cm³/mol. The number of methoxy groups -OCH3 is 1. The van der Waals surface area contributed by atoms with E-state index in [4.69, 9.17) is 4.74 Å². The SMILES string of the molecule is CCCCCCCC(O)C(OC)C(C)C. The molecule has 0 saturated heterocycles. The van der Waals surface area contributed by atoms with Crippen LogP contribution in [0.4, 0.5) is 0 Å². The van der Waals surface area contributed by atoms with Crippen LogP contribution in [0.15, 0.2) is 0 Å². The molecular formula is C13H28O2. The van der Waals surface area contributed by atoms with Crippen LogP contribution in [0, 0.1) is 5.92 Å². The van der Waals surface area contributed by atoms with Crippen LogP contribution < -0.4 is 0 Å². The predicted octanol–water partition coefficient (Wildman–Crippen LogP) is 3.38. The van der Waals surface area contributed by atoms with E-state index >= 15 is 0 Å². The van der Waals surface area contributed by atoms with Gasteiger partial charge in [-0.05, 0) is 12.3 Å². The zero-order valence-corrected chi connectivity index (χ0v) is 10.8. The Hall–Kier alpha value is -0.0800. The van der Waals surface area contributed by atoms with Gasteiger partial charge in [-0.15, -0.1) is 0 Å². The second-order valence-electron chi connectivity index (χ2n) is 4.71. The zero-order valence-electron chi connectivity index (χ0n) is 10.8. The fourth-order valence-corrected chi connectivity index (χ4v) is 1.99. The zero-order chi connectivity index (χ0) is 11.7. The van der Waals surface area contributed by atoms with Gasteiger partial charge in [0, 0.05) is 7.11 Å². The molecule has 0 aliphatic rings. The van der Waals surface area contributed by atoms with E-state index in [1.54, 1.807) is 7.11 Å². The minimum Gasteiger partial charge on any atom is -0.390 e. The molecule has 2 heteroatoms. The lowest BCUT2D eigenvalue weighted by molar-refractivity contribution is -0.0415. The highest BCUT2D eigenvalue weighted by Gasteiger charge is 2.21. The van der Waals surface area contributed by atoms with Gasteiger partial charge in [-0.1, -0.05) is 52.9 Å². The number of hydrogen-bond acceptors (Lipinski definition) is 2. The highest BCUT2D eigenvalue weighted by molar-refractivity contribution is 4.71. The molecule has 0 saturated carbocycles. The average Bonchev–Trinajstić information content (AvgIpc) is 2.18. The van der Waals surface area contributed by atoms with Gasteiger partial charge in [0.15, 0.2) is 0 Å². The standard InChI is InChI=1S/C13H28O2/c1-5-6-7-8-9-10-12(14)13(15-4)11(2)3/h11-14H,5-10H2,1-4H3. The van der Waals surface area contributed by atoms with Crippen molar-refractivity contribution in [1.82, 2.24) is 0 Å². The summed E-state index contributed by atoms with van der Waals surface area (Å²) in [7, 11) is 1.69. The Kier molecular flexibility index (Phi) is 9.12. The molecular weight excluding hydrogens is 188 g/mol. The smallest absolute Gasteiger partial charge is 0.0852 e. The molecule has 0 aromatic carbocycles. The first kappa shape index (κ1) is 14.9. The lowest BCUT2D eigenvalue weighted by atomic mass is 9.97. The second kappa shape index (κ2) is 9.17. The maximum absolute atomic E-state index is 9.91. The van der Waals surface area contributed by atoms with Crippen LogP contribution in [0.2, 0.25) is 0 Å². The first-order valence-electron chi connectivity index (χ1n) is 6.34. The van der Waals surface area contributed by atoms with Crippen LogP contribution in [0.5, 0.6) is 0 Å². The van der Waals surface area contributed by atoms with Crippen LogP contribution in [0.1, 0.15) is 59.3 Å². The molecule has 2 atom stereocenters. The van der Waals surface area contributed by atoms with E-state index in [1.807, 2.05) is 0 Å². The van der Waals surface area contributed by atoms with Gasteiger partial charge in [0.2, 0.25) is 0 Å². The van der Waals surface area contributed by atoms with Crippen molar-refractivity contribution in [2.75, 3.05) is 7.11 Å². The van der Waals surface area contributed by atoms with Crippen molar-refractivity contribution < 1.29 is 9.84 Å². The monoisotopic (exact) mass is 216 g/mol. The third-order valence-electron chi connectivity index (χ3n) is 2.91. The van der Waals surface area contributed by atoms with Gasteiger partial charge < -0.3 is 9.84 Å². The Morgan fingerprint density at radius 3 is 2.13 bits per heavy atom. The molecule has 0 amide bonds. The second-order valence-corrected chi connectivity index (χ2v) is 4.71. The summed E-state index contributed by atoms with van der Waals surface area (Å²) in [6, 6.07) is 0. The minimum atomic E-state index is -0.295. The quantitative estimate of drug-likeness (QED) is 0.599. The van der Waals surface area contributed by atoms with Gasteiger partial charge in [-0.2, -0.15) is 0 Å². The number of unbranched alkanes of at least 4 members (excludes halogenated alkanes) is 4. The van der Waals surface area contributed by atoms with Crippen molar-refractivity contribution in [2.24, 2.45) is 5.92 Å². The first-order chi connectivity index (χ1) is 7.13. The summed E-state index contributed by atoms with van der Waals surface area (Å²) < 4.78 is 5.30. The van der Waals surface area contributed by atoms with Gasteiger partial charge in [0.05, 0.1) is 12.2 Å². The summed E-state index contributed by atoms with van der Waals surface area (Å²) in [6.45, 7) is 6.40. The van der Waals surface area contributed by atoms with Crippen LogP contribution >= 0.6 is 0 Å². The maximum Gasteiger partial charge on any atom is 0.0852 e. The molecule has 15 heavy (non-hydrogen) atoms. The number of aliphatic hydroxyl groups excluding tert-OH is 1.